The molecule has 1 heterocycles. The van der Waals surface area contributed by atoms with Crippen molar-refractivity contribution < 1.29 is 9.57 Å². The molecule has 0 bridgehead atoms. The van der Waals surface area contributed by atoms with Crippen molar-refractivity contribution >= 4 is 11.8 Å². The third-order valence-electron chi connectivity index (χ3n) is 6.69. The van der Waals surface area contributed by atoms with Crippen molar-refractivity contribution in [3.63, 3.8) is 0 Å². The maximum absolute atomic E-state index is 5.38. The summed E-state index contributed by atoms with van der Waals surface area (Å²) in [7, 11) is 3.31. The minimum atomic E-state index is -0.278. The number of benzene rings is 2. The number of aromatic nitrogens is 2. The van der Waals surface area contributed by atoms with Gasteiger partial charge < -0.3 is 9.57 Å². The fourth-order valence-corrected chi connectivity index (χ4v) is 4.74. The molecule has 5 nitrogen and oxygen atoms in total. The molecular formula is C26H27N3O2. The van der Waals surface area contributed by atoms with Gasteiger partial charge in [-0.1, -0.05) is 66.2 Å². The summed E-state index contributed by atoms with van der Waals surface area (Å²) in [5.41, 5.74) is 6.34. The second kappa shape index (κ2) is 8.06. The molecule has 31 heavy (non-hydrogen) atoms. The van der Waals surface area contributed by atoms with E-state index in [-0.39, 0.29) is 5.41 Å². The van der Waals surface area contributed by atoms with Crippen molar-refractivity contribution in [1.29, 1.82) is 0 Å². The second-order valence-electron chi connectivity index (χ2n) is 8.33. The largest absolute Gasteiger partial charge is 0.497 e. The Morgan fingerprint density at radius 3 is 2.42 bits per heavy atom. The van der Waals surface area contributed by atoms with E-state index in [4.69, 9.17) is 14.7 Å². The van der Waals surface area contributed by atoms with E-state index in [0.717, 1.165) is 47.7 Å². The van der Waals surface area contributed by atoms with Crippen molar-refractivity contribution in [1.82, 2.24) is 10.2 Å². The van der Waals surface area contributed by atoms with Crippen LogP contribution in [0, 0.1) is 5.92 Å². The van der Waals surface area contributed by atoms with Crippen LogP contribution >= 0.6 is 0 Å². The number of aromatic amines is 1. The van der Waals surface area contributed by atoms with Gasteiger partial charge in [0.25, 0.3) is 0 Å². The third-order valence-corrected chi connectivity index (χ3v) is 6.69. The molecule has 1 saturated carbocycles. The number of ether oxygens (including phenoxy) is 1. The number of allylic oxidation sites excluding steroid dienone is 1. The first-order valence-corrected chi connectivity index (χ1v) is 10.8. The maximum atomic E-state index is 5.38. The van der Waals surface area contributed by atoms with Crippen molar-refractivity contribution in [3.8, 4) is 5.75 Å². The Hall–Kier alpha value is -3.34. The maximum Gasteiger partial charge on any atom is 0.118 e. The molecule has 3 aromatic rings. The van der Waals surface area contributed by atoms with Crippen molar-refractivity contribution in [2.75, 3.05) is 14.2 Å². The number of hydrogen-bond acceptors (Lipinski definition) is 4. The number of hydrogen-bond donors (Lipinski definition) is 1. The molecule has 0 saturated heterocycles. The summed E-state index contributed by atoms with van der Waals surface area (Å²) in [6.07, 6.45) is 8.85. The quantitative estimate of drug-likeness (QED) is 0.450. The average molecular weight is 414 g/mol. The van der Waals surface area contributed by atoms with Gasteiger partial charge in [-0.2, -0.15) is 5.10 Å². The fourth-order valence-electron chi connectivity index (χ4n) is 4.74. The number of nitrogens with zero attached hydrogens (tertiary/aromatic N) is 2. The number of rotatable bonds is 6. The van der Waals surface area contributed by atoms with Crippen LogP contribution in [0.2, 0.25) is 0 Å². The topological polar surface area (TPSA) is 59.5 Å². The fraction of sp³-hybridized carbons (Fsp3) is 0.308. The van der Waals surface area contributed by atoms with Crippen LogP contribution in [0.3, 0.4) is 0 Å². The van der Waals surface area contributed by atoms with E-state index >= 15 is 0 Å². The summed E-state index contributed by atoms with van der Waals surface area (Å²) >= 11 is 0. The first-order chi connectivity index (χ1) is 15.2. The lowest BCUT2D eigenvalue weighted by Gasteiger charge is -2.34. The molecule has 0 aliphatic heterocycles. The number of nitrogens with one attached hydrogen (secondary N) is 1. The zero-order valence-corrected chi connectivity index (χ0v) is 18.0. The van der Waals surface area contributed by atoms with Gasteiger partial charge in [0.2, 0.25) is 0 Å². The van der Waals surface area contributed by atoms with Gasteiger partial charge >= 0.3 is 0 Å². The molecule has 5 rings (SSSR count). The smallest absolute Gasteiger partial charge is 0.118 e. The Labute approximate surface area is 182 Å². The Balaban J connectivity index is 1.59. The predicted molar refractivity (Wildman–Crippen MR) is 122 cm³/mol. The molecule has 1 atom stereocenters. The summed E-state index contributed by atoms with van der Waals surface area (Å²) < 4.78 is 5.38. The van der Waals surface area contributed by atoms with E-state index in [1.165, 1.54) is 17.5 Å². The molecule has 0 amide bonds. The van der Waals surface area contributed by atoms with E-state index in [2.05, 4.69) is 64.9 Å². The number of oxime groups is 1. The normalized spacial score (nSPS) is 20.8. The van der Waals surface area contributed by atoms with Gasteiger partial charge in [-0.3, -0.25) is 5.10 Å². The third kappa shape index (κ3) is 3.34. The monoisotopic (exact) mass is 413 g/mol. The molecule has 1 fully saturated rings. The lowest BCUT2D eigenvalue weighted by Crippen LogP contribution is -2.31. The van der Waals surface area contributed by atoms with Crippen LogP contribution in [-0.4, -0.2) is 30.1 Å². The number of methoxy groups -OCH3 is 1. The number of H-pyrrole nitrogens is 1. The SMILES string of the molecule is CO/N=C(/c1n[nH]c2c1C=CC(c1ccccc1)(c1ccc(OC)cc1)C2)C1CCC1. The molecule has 5 heteroatoms. The molecule has 1 unspecified atom stereocenters. The molecule has 1 aromatic heterocycles. The van der Waals surface area contributed by atoms with Gasteiger partial charge in [-0.25, -0.2) is 0 Å². The lowest BCUT2D eigenvalue weighted by atomic mass is 9.68. The molecule has 158 valence electrons. The summed E-state index contributed by atoms with van der Waals surface area (Å²) in [6.45, 7) is 0. The predicted octanol–water partition coefficient (Wildman–Crippen LogP) is 5.12. The molecule has 0 radical (unpaired) electrons. The highest BCUT2D eigenvalue weighted by Gasteiger charge is 2.38. The van der Waals surface area contributed by atoms with Gasteiger partial charge in [0.05, 0.1) is 7.11 Å². The molecule has 1 N–H and O–H groups in total. The highest BCUT2D eigenvalue weighted by atomic mass is 16.6. The van der Waals surface area contributed by atoms with E-state index in [9.17, 15) is 0 Å². The van der Waals surface area contributed by atoms with Crippen LogP contribution in [0.4, 0.5) is 0 Å². The van der Waals surface area contributed by atoms with Gasteiger partial charge in [0.15, 0.2) is 0 Å². The molecule has 2 aliphatic rings. The van der Waals surface area contributed by atoms with Crippen LogP contribution < -0.4 is 4.74 Å². The summed E-state index contributed by atoms with van der Waals surface area (Å²) in [5.74, 6) is 1.29. The highest BCUT2D eigenvalue weighted by Crippen LogP contribution is 2.43. The second-order valence-corrected chi connectivity index (χ2v) is 8.33. The molecule has 0 spiro atoms. The van der Waals surface area contributed by atoms with E-state index in [1.807, 2.05) is 12.1 Å². The van der Waals surface area contributed by atoms with Crippen molar-refractivity contribution in [2.45, 2.75) is 31.1 Å². The zero-order valence-electron chi connectivity index (χ0n) is 18.0. The first kappa shape index (κ1) is 19.6. The van der Waals surface area contributed by atoms with Crippen LogP contribution in [0.15, 0.2) is 65.8 Å². The first-order valence-electron chi connectivity index (χ1n) is 10.8. The minimum absolute atomic E-state index is 0.278. The van der Waals surface area contributed by atoms with Gasteiger partial charge in [-0.15, -0.1) is 0 Å². The van der Waals surface area contributed by atoms with Crippen LogP contribution in [-0.2, 0) is 16.7 Å². The molecule has 2 aliphatic carbocycles. The Bertz CT molecular complexity index is 1110. The summed E-state index contributed by atoms with van der Waals surface area (Å²) in [4.78, 5) is 5.18. The van der Waals surface area contributed by atoms with E-state index in [1.54, 1.807) is 14.2 Å². The summed E-state index contributed by atoms with van der Waals surface area (Å²) in [5, 5.41) is 12.4. The Kier molecular flexibility index (Phi) is 5.10. The van der Waals surface area contributed by atoms with Crippen LogP contribution in [0.5, 0.6) is 5.75 Å². The van der Waals surface area contributed by atoms with Crippen molar-refractivity contribution in [3.05, 3.63) is 88.8 Å². The zero-order chi connectivity index (χ0) is 21.3. The van der Waals surface area contributed by atoms with Crippen LogP contribution in [0.25, 0.3) is 6.08 Å². The van der Waals surface area contributed by atoms with E-state index < -0.39 is 0 Å². The van der Waals surface area contributed by atoms with Crippen LogP contribution in [0.1, 0.15) is 47.3 Å². The molecule has 2 aromatic carbocycles. The summed E-state index contributed by atoms with van der Waals surface area (Å²) in [6, 6.07) is 19.0. The molecular weight excluding hydrogens is 386 g/mol. The van der Waals surface area contributed by atoms with Gasteiger partial charge in [0, 0.05) is 29.0 Å². The van der Waals surface area contributed by atoms with Gasteiger partial charge in [0.1, 0.15) is 24.3 Å². The van der Waals surface area contributed by atoms with Crippen molar-refractivity contribution in [2.24, 2.45) is 11.1 Å². The average Bonchev–Trinajstić information content (AvgIpc) is 3.21. The minimum Gasteiger partial charge on any atom is -0.497 e. The standard InChI is InChI=1S/C26H27N3O2/c1-30-21-13-11-20(12-14-21)26(19-9-4-3-5-10-19)16-15-22-23(17-26)27-28-25(22)24(29-31-2)18-7-6-8-18/h3-5,9-16,18H,6-8,17H2,1-2H3,(H,27,28)/b29-24+. The van der Waals surface area contributed by atoms with E-state index in [0.29, 0.717) is 5.92 Å². The highest BCUT2D eigenvalue weighted by molar-refractivity contribution is 6.04. The lowest BCUT2D eigenvalue weighted by molar-refractivity contribution is 0.208. The number of fused-ring (bicyclic) bond motifs is 1. The van der Waals surface area contributed by atoms with Gasteiger partial charge in [-0.05, 0) is 36.1 Å². The Morgan fingerprint density at radius 2 is 1.77 bits per heavy atom. The Morgan fingerprint density at radius 1 is 1.03 bits per heavy atom.